The van der Waals surface area contributed by atoms with Gasteiger partial charge in [0.15, 0.2) is 0 Å². The van der Waals surface area contributed by atoms with Crippen LogP contribution in [0.2, 0.25) is 0 Å². The number of nitrogens with zero attached hydrogens (tertiary/aromatic N) is 3. The van der Waals surface area contributed by atoms with Crippen molar-refractivity contribution in [2.45, 2.75) is 6.92 Å². The highest BCUT2D eigenvalue weighted by Crippen LogP contribution is 2.28. The van der Waals surface area contributed by atoms with Gasteiger partial charge in [0.2, 0.25) is 0 Å². The molecule has 0 saturated heterocycles. The average molecular weight is 266 g/mol. The topological polar surface area (TPSA) is 54.5 Å². The molecule has 4 aromatic rings. The molecule has 19 heavy (non-hydrogen) atoms. The number of hydrogen-bond acceptors (Lipinski definition) is 4. The Labute approximate surface area is 113 Å². The van der Waals surface area contributed by atoms with Crippen LogP contribution in [-0.4, -0.2) is 19.9 Å². The Morgan fingerprint density at radius 2 is 2.11 bits per heavy atom. The molecule has 4 rings (SSSR count). The van der Waals surface area contributed by atoms with E-state index in [0.717, 1.165) is 38.2 Å². The first-order valence-electron chi connectivity index (χ1n) is 5.96. The highest BCUT2D eigenvalue weighted by atomic mass is 32.1. The molecule has 0 radical (unpaired) electrons. The largest absolute Gasteiger partial charge is 0.338 e. The third kappa shape index (κ3) is 1.55. The van der Waals surface area contributed by atoms with E-state index in [2.05, 4.69) is 27.1 Å². The van der Waals surface area contributed by atoms with Crippen LogP contribution < -0.4 is 0 Å². The summed E-state index contributed by atoms with van der Waals surface area (Å²) in [5.41, 5.74) is 6.97. The van der Waals surface area contributed by atoms with Gasteiger partial charge in [-0.2, -0.15) is 0 Å². The van der Waals surface area contributed by atoms with Gasteiger partial charge in [-0.1, -0.05) is 0 Å². The number of rotatable bonds is 1. The summed E-state index contributed by atoms with van der Waals surface area (Å²) in [6.45, 7) is 2.04. The quantitative estimate of drug-likeness (QED) is 0.573. The minimum absolute atomic E-state index is 0.871. The molecule has 0 spiro atoms. The standard InChI is InChI=1S/C14H10N4S/c1-8-6-15-5-4-9(8)14-17-10-2-3-11-13(12(10)18-14)16-7-19-11/h2-7H,1H3,(H,17,18). The van der Waals surface area contributed by atoms with E-state index in [4.69, 9.17) is 4.98 Å². The van der Waals surface area contributed by atoms with Gasteiger partial charge in [-0.15, -0.1) is 11.3 Å². The first-order valence-corrected chi connectivity index (χ1v) is 6.84. The van der Waals surface area contributed by atoms with Crippen molar-refractivity contribution in [3.63, 3.8) is 0 Å². The van der Waals surface area contributed by atoms with Crippen molar-refractivity contribution in [2.75, 3.05) is 0 Å². The Morgan fingerprint density at radius 1 is 1.16 bits per heavy atom. The molecule has 3 aromatic heterocycles. The summed E-state index contributed by atoms with van der Waals surface area (Å²) in [5.74, 6) is 0.871. The summed E-state index contributed by atoms with van der Waals surface area (Å²) in [6, 6.07) is 6.12. The number of aryl methyl sites for hydroxylation is 1. The molecule has 0 fully saturated rings. The number of H-pyrrole nitrogens is 1. The van der Waals surface area contributed by atoms with Crippen molar-refractivity contribution < 1.29 is 0 Å². The Bertz CT molecular complexity index is 891. The molecule has 92 valence electrons. The number of imidazole rings is 1. The van der Waals surface area contributed by atoms with Gasteiger partial charge >= 0.3 is 0 Å². The molecule has 0 amide bonds. The highest BCUT2D eigenvalue weighted by Gasteiger charge is 2.11. The summed E-state index contributed by atoms with van der Waals surface area (Å²) in [7, 11) is 0. The zero-order chi connectivity index (χ0) is 12.8. The van der Waals surface area contributed by atoms with Crippen LogP contribution in [0.1, 0.15) is 5.56 Å². The molecular formula is C14H10N4S. The molecule has 1 N–H and O–H groups in total. The fraction of sp³-hybridized carbons (Fsp3) is 0.0714. The van der Waals surface area contributed by atoms with Crippen molar-refractivity contribution in [2.24, 2.45) is 0 Å². The number of aromatic amines is 1. The maximum atomic E-state index is 4.70. The van der Waals surface area contributed by atoms with Gasteiger partial charge in [0.05, 0.1) is 15.7 Å². The van der Waals surface area contributed by atoms with E-state index in [1.807, 2.05) is 24.7 Å². The number of pyridine rings is 1. The molecule has 0 aliphatic heterocycles. The monoisotopic (exact) mass is 266 g/mol. The van der Waals surface area contributed by atoms with E-state index >= 15 is 0 Å². The third-order valence-corrected chi connectivity index (χ3v) is 4.02. The second kappa shape index (κ2) is 3.86. The predicted octanol–water partition coefficient (Wildman–Crippen LogP) is 3.54. The second-order valence-corrected chi connectivity index (χ2v) is 5.32. The van der Waals surface area contributed by atoms with E-state index in [-0.39, 0.29) is 0 Å². The lowest BCUT2D eigenvalue weighted by Crippen LogP contribution is -1.86. The van der Waals surface area contributed by atoms with Crippen LogP contribution in [0.5, 0.6) is 0 Å². The summed E-state index contributed by atoms with van der Waals surface area (Å²) < 4.78 is 1.16. The number of thiazole rings is 1. The van der Waals surface area contributed by atoms with Gasteiger partial charge in [0.1, 0.15) is 16.9 Å². The molecule has 4 nitrogen and oxygen atoms in total. The van der Waals surface area contributed by atoms with Crippen LogP contribution in [0.3, 0.4) is 0 Å². The molecule has 0 bridgehead atoms. The van der Waals surface area contributed by atoms with Gasteiger partial charge in [0.25, 0.3) is 0 Å². The Balaban J connectivity index is 2.04. The van der Waals surface area contributed by atoms with Crippen molar-refractivity contribution in [1.29, 1.82) is 0 Å². The Kier molecular flexibility index (Phi) is 2.16. The molecule has 0 aliphatic carbocycles. The summed E-state index contributed by atoms with van der Waals surface area (Å²) in [4.78, 5) is 16.6. The Hall–Kier alpha value is -2.27. The smallest absolute Gasteiger partial charge is 0.138 e. The molecule has 3 heterocycles. The van der Waals surface area contributed by atoms with Crippen molar-refractivity contribution >= 4 is 32.6 Å². The maximum absolute atomic E-state index is 4.70. The maximum Gasteiger partial charge on any atom is 0.138 e. The normalized spacial score (nSPS) is 11.4. The molecule has 0 atom stereocenters. The molecule has 5 heteroatoms. The fourth-order valence-corrected chi connectivity index (χ4v) is 2.94. The van der Waals surface area contributed by atoms with Gasteiger partial charge in [-0.25, -0.2) is 9.97 Å². The van der Waals surface area contributed by atoms with Gasteiger partial charge in [-0.3, -0.25) is 4.98 Å². The number of fused-ring (bicyclic) bond motifs is 3. The molecular weight excluding hydrogens is 256 g/mol. The lowest BCUT2D eigenvalue weighted by Gasteiger charge is -1.99. The second-order valence-electron chi connectivity index (χ2n) is 4.44. The van der Waals surface area contributed by atoms with Crippen molar-refractivity contribution in [1.82, 2.24) is 19.9 Å². The van der Waals surface area contributed by atoms with Crippen LogP contribution in [-0.2, 0) is 0 Å². The van der Waals surface area contributed by atoms with Crippen LogP contribution in [0.4, 0.5) is 0 Å². The number of hydrogen-bond donors (Lipinski definition) is 1. The first kappa shape index (κ1) is 10.6. The van der Waals surface area contributed by atoms with Crippen molar-refractivity contribution in [3.8, 4) is 11.4 Å². The van der Waals surface area contributed by atoms with Gasteiger partial charge < -0.3 is 4.98 Å². The molecule has 0 aliphatic rings. The molecule has 0 saturated carbocycles. The third-order valence-electron chi connectivity index (χ3n) is 3.23. The first-order chi connectivity index (χ1) is 9.33. The average Bonchev–Trinajstić information content (AvgIpc) is 3.04. The zero-order valence-corrected chi connectivity index (χ0v) is 11.0. The van der Waals surface area contributed by atoms with E-state index in [9.17, 15) is 0 Å². The zero-order valence-electron chi connectivity index (χ0n) is 10.2. The lowest BCUT2D eigenvalue weighted by atomic mass is 10.1. The Morgan fingerprint density at radius 3 is 3.00 bits per heavy atom. The minimum Gasteiger partial charge on any atom is -0.338 e. The van der Waals surface area contributed by atoms with Crippen LogP contribution in [0.25, 0.3) is 32.6 Å². The van der Waals surface area contributed by atoms with Gasteiger partial charge in [0, 0.05) is 18.0 Å². The van der Waals surface area contributed by atoms with E-state index in [1.165, 1.54) is 0 Å². The van der Waals surface area contributed by atoms with Crippen LogP contribution >= 0.6 is 11.3 Å². The SMILES string of the molecule is Cc1cnccc1-c1nc2c(ccc3scnc32)[nH]1. The summed E-state index contributed by atoms with van der Waals surface area (Å²) in [6.07, 6.45) is 3.63. The van der Waals surface area contributed by atoms with Crippen molar-refractivity contribution in [3.05, 3.63) is 41.7 Å². The lowest BCUT2D eigenvalue weighted by molar-refractivity contribution is 1.23. The number of nitrogens with one attached hydrogen (secondary N) is 1. The molecule has 0 unspecified atom stereocenters. The minimum atomic E-state index is 0.871. The van der Waals surface area contributed by atoms with Crippen LogP contribution in [0, 0.1) is 6.92 Å². The van der Waals surface area contributed by atoms with Gasteiger partial charge in [-0.05, 0) is 30.7 Å². The number of benzene rings is 1. The predicted molar refractivity (Wildman–Crippen MR) is 77.2 cm³/mol. The fourth-order valence-electron chi connectivity index (χ4n) is 2.26. The molecule has 1 aromatic carbocycles. The summed E-state index contributed by atoms with van der Waals surface area (Å²) >= 11 is 1.64. The van der Waals surface area contributed by atoms with E-state index in [1.54, 1.807) is 17.5 Å². The summed E-state index contributed by atoms with van der Waals surface area (Å²) in [5, 5.41) is 0. The van der Waals surface area contributed by atoms with E-state index < -0.39 is 0 Å². The number of aromatic nitrogens is 4. The van der Waals surface area contributed by atoms with E-state index in [0.29, 0.717) is 0 Å². The van der Waals surface area contributed by atoms with Crippen LogP contribution in [0.15, 0.2) is 36.1 Å². The highest BCUT2D eigenvalue weighted by molar-refractivity contribution is 7.16.